The van der Waals surface area contributed by atoms with Gasteiger partial charge in [-0.2, -0.15) is 0 Å². The van der Waals surface area contributed by atoms with Crippen LogP contribution >= 0.6 is 0 Å². The Balaban J connectivity index is 1.68. The fourth-order valence-corrected chi connectivity index (χ4v) is 3.29. The molecule has 3 atom stereocenters. The highest BCUT2D eigenvalue weighted by molar-refractivity contribution is 4.79. The molecule has 2 aliphatic rings. The van der Waals surface area contributed by atoms with Crippen LogP contribution in [0.15, 0.2) is 0 Å². The summed E-state index contributed by atoms with van der Waals surface area (Å²) in [5, 5.41) is 3.83. The van der Waals surface area contributed by atoms with Gasteiger partial charge in [0.25, 0.3) is 0 Å². The van der Waals surface area contributed by atoms with E-state index in [1.165, 1.54) is 58.2 Å². The van der Waals surface area contributed by atoms with Crippen LogP contribution in [-0.2, 0) is 0 Å². The minimum atomic E-state index is 0.790. The average molecular weight is 224 g/mol. The van der Waals surface area contributed by atoms with Crippen LogP contribution in [0.3, 0.4) is 0 Å². The lowest BCUT2D eigenvalue weighted by Gasteiger charge is -2.21. The molecule has 0 aromatic rings. The van der Waals surface area contributed by atoms with Gasteiger partial charge < -0.3 is 10.2 Å². The van der Waals surface area contributed by atoms with Crippen LogP contribution in [0.1, 0.15) is 45.4 Å². The van der Waals surface area contributed by atoms with Crippen molar-refractivity contribution in [2.75, 3.05) is 26.7 Å². The first-order valence-corrected chi connectivity index (χ1v) is 7.17. The lowest BCUT2D eigenvalue weighted by atomic mass is 9.97. The Bertz CT molecular complexity index is 205. The van der Waals surface area contributed by atoms with Crippen LogP contribution in [0.4, 0.5) is 0 Å². The molecular formula is C14H28N2. The Kier molecular flexibility index (Phi) is 4.66. The second-order valence-electron chi connectivity index (χ2n) is 6.01. The molecule has 1 N–H and O–H groups in total. The Morgan fingerprint density at radius 1 is 1.06 bits per heavy atom. The average Bonchev–Trinajstić information content (AvgIpc) is 2.55. The smallest absolute Gasteiger partial charge is 0.00798 e. The second-order valence-corrected chi connectivity index (χ2v) is 6.01. The molecule has 1 aliphatic heterocycles. The Morgan fingerprint density at radius 3 is 2.69 bits per heavy atom. The first-order valence-electron chi connectivity index (χ1n) is 7.17. The molecule has 1 saturated heterocycles. The van der Waals surface area contributed by atoms with Crippen LogP contribution in [0, 0.1) is 11.8 Å². The fourth-order valence-electron chi connectivity index (χ4n) is 3.29. The molecule has 2 fully saturated rings. The normalized spacial score (nSPS) is 37.5. The fraction of sp³-hybridized carbons (Fsp3) is 1.00. The molecule has 1 saturated carbocycles. The van der Waals surface area contributed by atoms with E-state index in [1.807, 2.05) is 0 Å². The quantitative estimate of drug-likeness (QED) is 0.792. The molecule has 1 aliphatic carbocycles. The summed E-state index contributed by atoms with van der Waals surface area (Å²) in [6.07, 6.45) is 8.47. The zero-order valence-corrected chi connectivity index (χ0v) is 11.0. The van der Waals surface area contributed by atoms with Crippen molar-refractivity contribution in [1.82, 2.24) is 10.2 Å². The summed E-state index contributed by atoms with van der Waals surface area (Å²) in [5.74, 6) is 1.92. The summed E-state index contributed by atoms with van der Waals surface area (Å²) in [7, 11) is 2.25. The van der Waals surface area contributed by atoms with Crippen molar-refractivity contribution in [3.63, 3.8) is 0 Å². The maximum atomic E-state index is 3.83. The molecule has 2 nitrogen and oxygen atoms in total. The molecule has 2 rings (SSSR count). The summed E-state index contributed by atoms with van der Waals surface area (Å²) in [6, 6.07) is 0.790. The van der Waals surface area contributed by atoms with Gasteiger partial charge in [0.2, 0.25) is 0 Å². The highest BCUT2D eigenvalue weighted by Crippen LogP contribution is 2.30. The number of likely N-dealkylation sites (tertiary alicyclic amines) is 1. The number of hydrogen-bond acceptors (Lipinski definition) is 2. The third-order valence-electron chi connectivity index (χ3n) is 4.66. The maximum Gasteiger partial charge on any atom is 0.00798 e. The van der Waals surface area contributed by atoms with Crippen molar-refractivity contribution >= 4 is 0 Å². The molecule has 94 valence electrons. The van der Waals surface area contributed by atoms with Gasteiger partial charge in [-0.15, -0.1) is 0 Å². The van der Waals surface area contributed by atoms with Crippen molar-refractivity contribution in [1.29, 1.82) is 0 Å². The molecule has 0 bridgehead atoms. The van der Waals surface area contributed by atoms with Crippen molar-refractivity contribution < 1.29 is 0 Å². The molecule has 16 heavy (non-hydrogen) atoms. The number of hydrogen-bond donors (Lipinski definition) is 1. The summed E-state index contributed by atoms with van der Waals surface area (Å²) in [5.41, 5.74) is 0. The van der Waals surface area contributed by atoms with Gasteiger partial charge in [-0.25, -0.2) is 0 Å². The van der Waals surface area contributed by atoms with Gasteiger partial charge in [-0.3, -0.25) is 0 Å². The molecular weight excluding hydrogens is 196 g/mol. The summed E-state index contributed by atoms with van der Waals surface area (Å²) in [6.45, 7) is 6.27. The van der Waals surface area contributed by atoms with Crippen LogP contribution in [0.5, 0.6) is 0 Å². The van der Waals surface area contributed by atoms with Gasteiger partial charge in [0.1, 0.15) is 0 Å². The standard InChI is InChI=1S/C14H28N2/c1-12-5-3-6-13(12)11-15-14-7-4-9-16(2)10-8-14/h12-15H,3-11H2,1-2H3. The van der Waals surface area contributed by atoms with E-state index in [-0.39, 0.29) is 0 Å². The summed E-state index contributed by atoms with van der Waals surface area (Å²) < 4.78 is 0. The van der Waals surface area contributed by atoms with Crippen molar-refractivity contribution in [3.8, 4) is 0 Å². The second kappa shape index (κ2) is 6.02. The summed E-state index contributed by atoms with van der Waals surface area (Å²) >= 11 is 0. The lowest BCUT2D eigenvalue weighted by molar-refractivity contribution is 0.332. The third-order valence-corrected chi connectivity index (χ3v) is 4.66. The maximum absolute atomic E-state index is 3.83. The molecule has 0 aromatic carbocycles. The zero-order valence-electron chi connectivity index (χ0n) is 11.0. The highest BCUT2D eigenvalue weighted by atomic mass is 15.1. The lowest BCUT2D eigenvalue weighted by Crippen LogP contribution is -2.34. The number of nitrogens with one attached hydrogen (secondary N) is 1. The van der Waals surface area contributed by atoms with E-state index in [9.17, 15) is 0 Å². The van der Waals surface area contributed by atoms with E-state index in [1.54, 1.807) is 0 Å². The molecule has 0 amide bonds. The van der Waals surface area contributed by atoms with E-state index in [0.29, 0.717) is 0 Å². The minimum Gasteiger partial charge on any atom is -0.314 e. The van der Waals surface area contributed by atoms with E-state index < -0.39 is 0 Å². The van der Waals surface area contributed by atoms with Gasteiger partial charge in [0.15, 0.2) is 0 Å². The third kappa shape index (κ3) is 3.46. The van der Waals surface area contributed by atoms with Crippen LogP contribution in [-0.4, -0.2) is 37.6 Å². The highest BCUT2D eigenvalue weighted by Gasteiger charge is 2.24. The van der Waals surface area contributed by atoms with Crippen molar-refractivity contribution in [3.05, 3.63) is 0 Å². The first kappa shape index (κ1) is 12.4. The molecule has 0 aromatic heterocycles. The largest absolute Gasteiger partial charge is 0.314 e. The predicted octanol–water partition coefficient (Wildman–Crippen LogP) is 2.50. The Morgan fingerprint density at radius 2 is 1.94 bits per heavy atom. The SMILES string of the molecule is CC1CCCC1CNC1CCCN(C)CC1. The molecule has 0 radical (unpaired) electrons. The summed E-state index contributed by atoms with van der Waals surface area (Å²) in [4.78, 5) is 2.47. The number of nitrogens with zero attached hydrogens (tertiary/aromatic N) is 1. The molecule has 2 heteroatoms. The van der Waals surface area contributed by atoms with Gasteiger partial charge in [-0.1, -0.05) is 19.8 Å². The predicted molar refractivity (Wildman–Crippen MR) is 69.6 cm³/mol. The van der Waals surface area contributed by atoms with E-state index in [0.717, 1.165) is 17.9 Å². The monoisotopic (exact) mass is 224 g/mol. The van der Waals surface area contributed by atoms with Gasteiger partial charge in [-0.05, 0) is 64.2 Å². The van der Waals surface area contributed by atoms with E-state index in [4.69, 9.17) is 0 Å². The van der Waals surface area contributed by atoms with Gasteiger partial charge >= 0.3 is 0 Å². The van der Waals surface area contributed by atoms with Gasteiger partial charge in [0.05, 0.1) is 0 Å². The van der Waals surface area contributed by atoms with Crippen molar-refractivity contribution in [2.45, 2.75) is 51.5 Å². The molecule has 0 spiro atoms. The minimum absolute atomic E-state index is 0.790. The van der Waals surface area contributed by atoms with Crippen LogP contribution < -0.4 is 5.32 Å². The zero-order chi connectivity index (χ0) is 11.4. The van der Waals surface area contributed by atoms with Crippen molar-refractivity contribution in [2.24, 2.45) is 11.8 Å². The van der Waals surface area contributed by atoms with Gasteiger partial charge in [0, 0.05) is 6.04 Å². The van der Waals surface area contributed by atoms with E-state index in [2.05, 4.69) is 24.2 Å². The Labute approximate surface area is 101 Å². The van der Waals surface area contributed by atoms with Crippen LogP contribution in [0.2, 0.25) is 0 Å². The Hall–Kier alpha value is -0.0800. The molecule has 1 heterocycles. The van der Waals surface area contributed by atoms with E-state index >= 15 is 0 Å². The molecule has 3 unspecified atom stereocenters. The number of rotatable bonds is 3. The first-order chi connectivity index (χ1) is 7.75. The topological polar surface area (TPSA) is 15.3 Å². The van der Waals surface area contributed by atoms with Crippen LogP contribution in [0.25, 0.3) is 0 Å².